The van der Waals surface area contributed by atoms with E-state index in [1.54, 1.807) is 0 Å². The van der Waals surface area contributed by atoms with E-state index in [0.29, 0.717) is 12.5 Å². The second kappa shape index (κ2) is 7.80. The van der Waals surface area contributed by atoms with Crippen LogP contribution in [0.25, 0.3) is 0 Å². The van der Waals surface area contributed by atoms with E-state index in [-0.39, 0.29) is 5.97 Å². The molecule has 0 saturated heterocycles. The zero-order valence-electron chi connectivity index (χ0n) is 9.88. The molecule has 0 spiro atoms. The van der Waals surface area contributed by atoms with Gasteiger partial charge in [0.2, 0.25) is 0 Å². The molecule has 0 saturated carbocycles. The number of hydrogen-bond acceptors (Lipinski definition) is 3. The van der Waals surface area contributed by atoms with Gasteiger partial charge in [-0.2, -0.15) is 0 Å². The van der Waals surface area contributed by atoms with Crippen molar-refractivity contribution in [3.63, 3.8) is 0 Å². The van der Waals surface area contributed by atoms with Gasteiger partial charge in [0.05, 0.1) is 7.11 Å². The van der Waals surface area contributed by atoms with E-state index in [1.807, 2.05) is 0 Å². The number of carbonyl (C=O) groups excluding carboxylic acids is 1. The maximum absolute atomic E-state index is 10.9. The van der Waals surface area contributed by atoms with Crippen LogP contribution >= 0.6 is 0 Å². The third-order valence-electron chi connectivity index (χ3n) is 2.67. The molecule has 0 N–H and O–H groups in total. The van der Waals surface area contributed by atoms with Gasteiger partial charge in [0.25, 0.3) is 0 Å². The molecule has 0 aliphatic heterocycles. The molecule has 0 aromatic heterocycles. The summed E-state index contributed by atoms with van der Waals surface area (Å²) in [4.78, 5) is 13.3. The van der Waals surface area contributed by atoms with Crippen molar-refractivity contribution < 1.29 is 9.53 Å². The molecule has 0 aromatic rings. The van der Waals surface area contributed by atoms with Gasteiger partial charge in [-0.1, -0.05) is 13.8 Å². The van der Waals surface area contributed by atoms with E-state index < -0.39 is 0 Å². The van der Waals surface area contributed by atoms with Crippen LogP contribution in [0.2, 0.25) is 0 Å². The number of hydrogen-bond donors (Lipinski definition) is 0. The third-order valence-corrected chi connectivity index (χ3v) is 2.67. The van der Waals surface area contributed by atoms with Gasteiger partial charge in [0.1, 0.15) is 0 Å². The Balaban J connectivity index is 3.67. The van der Waals surface area contributed by atoms with Crippen LogP contribution in [0.5, 0.6) is 0 Å². The summed E-state index contributed by atoms with van der Waals surface area (Å²) in [6.45, 7) is 8.61. The van der Waals surface area contributed by atoms with E-state index in [4.69, 9.17) is 0 Å². The zero-order chi connectivity index (χ0) is 11.0. The summed E-state index contributed by atoms with van der Waals surface area (Å²) in [7, 11) is 1.44. The smallest absolute Gasteiger partial charge is 0.305 e. The van der Waals surface area contributed by atoms with Crippen LogP contribution in [0, 0.1) is 0 Å². The average molecular weight is 201 g/mol. The van der Waals surface area contributed by atoms with Crippen LogP contribution in [-0.4, -0.2) is 37.1 Å². The molecule has 0 radical (unpaired) electrons. The highest BCUT2D eigenvalue weighted by Gasteiger charge is 2.10. The molecule has 0 rings (SSSR count). The van der Waals surface area contributed by atoms with E-state index in [2.05, 4.69) is 30.4 Å². The summed E-state index contributed by atoms with van der Waals surface area (Å²) < 4.78 is 4.60. The predicted molar refractivity (Wildman–Crippen MR) is 58.3 cm³/mol. The Morgan fingerprint density at radius 2 is 2.07 bits per heavy atom. The standard InChI is InChI=1S/C11H23NO2/c1-5-10(3)12(6-2)9-7-8-11(13)14-4/h10H,5-9H2,1-4H3. The van der Waals surface area contributed by atoms with Crippen molar-refractivity contribution in [2.75, 3.05) is 20.2 Å². The van der Waals surface area contributed by atoms with Gasteiger partial charge >= 0.3 is 5.97 Å². The number of esters is 1. The summed E-state index contributed by atoms with van der Waals surface area (Å²) >= 11 is 0. The highest BCUT2D eigenvalue weighted by molar-refractivity contribution is 5.69. The molecule has 1 atom stereocenters. The van der Waals surface area contributed by atoms with Crippen LogP contribution in [0.1, 0.15) is 40.0 Å². The first kappa shape index (κ1) is 13.4. The normalized spacial score (nSPS) is 12.9. The van der Waals surface area contributed by atoms with E-state index in [9.17, 15) is 4.79 Å². The third kappa shape index (κ3) is 5.22. The minimum absolute atomic E-state index is 0.106. The molecule has 0 amide bonds. The number of rotatable bonds is 7. The van der Waals surface area contributed by atoms with Gasteiger partial charge in [-0.25, -0.2) is 0 Å². The SMILES string of the molecule is CCC(C)N(CC)CCCC(=O)OC. The van der Waals surface area contributed by atoms with Crippen molar-refractivity contribution in [3.05, 3.63) is 0 Å². The molecule has 0 aromatic carbocycles. The monoisotopic (exact) mass is 201 g/mol. The van der Waals surface area contributed by atoms with Crippen molar-refractivity contribution in [1.82, 2.24) is 4.90 Å². The largest absolute Gasteiger partial charge is 0.469 e. The second-order valence-corrected chi connectivity index (χ2v) is 3.57. The lowest BCUT2D eigenvalue weighted by atomic mass is 10.2. The Kier molecular flexibility index (Phi) is 7.48. The molecule has 3 nitrogen and oxygen atoms in total. The van der Waals surface area contributed by atoms with Gasteiger partial charge in [-0.05, 0) is 32.9 Å². The van der Waals surface area contributed by atoms with E-state index >= 15 is 0 Å². The van der Waals surface area contributed by atoms with Crippen LogP contribution < -0.4 is 0 Å². The maximum Gasteiger partial charge on any atom is 0.305 e. The van der Waals surface area contributed by atoms with Gasteiger partial charge in [-0.3, -0.25) is 4.79 Å². The fraction of sp³-hybridized carbons (Fsp3) is 0.909. The molecule has 3 heteroatoms. The Morgan fingerprint density at radius 3 is 2.50 bits per heavy atom. The number of ether oxygens (including phenoxy) is 1. The Labute approximate surface area is 87.4 Å². The fourth-order valence-corrected chi connectivity index (χ4v) is 1.48. The van der Waals surface area contributed by atoms with Crippen LogP contribution in [0.15, 0.2) is 0 Å². The number of carbonyl (C=O) groups is 1. The summed E-state index contributed by atoms with van der Waals surface area (Å²) in [5.41, 5.74) is 0. The summed E-state index contributed by atoms with van der Waals surface area (Å²) in [5.74, 6) is -0.106. The lowest BCUT2D eigenvalue weighted by molar-refractivity contribution is -0.140. The summed E-state index contributed by atoms with van der Waals surface area (Å²) in [6.07, 6.45) is 2.58. The van der Waals surface area contributed by atoms with Gasteiger partial charge in [0.15, 0.2) is 0 Å². The van der Waals surface area contributed by atoms with Crippen LogP contribution in [0.4, 0.5) is 0 Å². The number of nitrogens with zero attached hydrogens (tertiary/aromatic N) is 1. The van der Waals surface area contributed by atoms with Crippen molar-refractivity contribution in [2.24, 2.45) is 0 Å². The topological polar surface area (TPSA) is 29.5 Å². The maximum atomic E-state index is 10.9. The van der Waals surface area contributed by atoms with Crippen LogP contribution in [-0.2, 0) is 9.53 Å². The van der Waals surface area contributed by atoms with Crippen molar-refractivity contribution >= 4 is 5.97 Å². The Bertz CT molecular complexity index is 159. The fourth-order valence-electron chi connectivity index (χ4n) is 1.48. The average Bonchev–Trinajstić information content (AvgIpc) is 2.22. The van der Waals surface area contributed by atoms with Crippen molar-refractivity contribution in [2.45, 2.75) is 46.1 Å². The summed E-state index contributed by atoms with van der Waals surface area (Å²) in [6, 6.07) is 0.609. The molecule has 0 aliphatic rings. The molecule has 0 aliphatic carbocycles. The van der Waals surface area contributed by atoms with Gasteiger partial charge in [0, 0.05) is 12.5 Å². The molecule has 14 heavy (non-hydrogen) atoms. The van der Waals surface area contributed by atoms with Crippen molar-refractivity contribution in [1.29, 1.82) is 0 Å². The predicted octanol–water partition coefficient (Wildman–Crippen LogP) is 2.06. The number of methoxy groups -OCH3 is 1. The lowest BCUT2D eigenvalue weighted by Crippen LogP contribution is -2.33. The minimum Gasteiger partial charge on any atom is -0.469 e. The minimum atomic E-state index is -0.106. The van der Waals surface area contributed by atoms with Gasteiger partial charge < -0.3 is 9.64 Å². The highest BCUT2D eigenvalue weighted by atomic mass is 16.5. The first-order valence-electron chi connectivity index (χ1n) is 5.46. The first-order chi connectivity index (χ1) is 6.65. The molecular weight excluding hydrogens is 178 g/mol. The summed E-state index contributed by atoms with van der Waals surface area (Å²) in [5, 5.41) is 0. The molecular formula is C11H23NO2. The Morgan fingerprint density at radius 1 is 1.43 bits per heavy atom. The molecule has 0 fully saturated rings. The van der Waals surface area contributed by atoms with E-state index in [1.165, 1.54) is 7.11 Å². The highest BCUT2D eigenvalue weighted by Crippen LogP contribution is 2.05. The molecule has 0 bridgehead atoms. The second-order valence-electron chi connectivity index (χ2n) is 3.57. The van der Waals surface area contributed by atoms with E-state index in [0.717, 1.165) is 25.9 Å². The molecule has 84 valence electrons. The quantitative estimate of drug-likeness (QED) is 0.590. The van der Waals surface area contributed by atoms with Crippen LogP contribution in [0.3, 0.4) is 0 Å². The van der Waals surface area contributed by atoms with Gasteiger partial charge in [-0.15, -0.1) is 0 Å². The zero-order valence-corrected chi connectivity index (χ0v) is 9.88. The lowest BCUT2D eigenvalue weighted by Gasteiger charge is -2.26. The molecule has 1 unspecified atom stereocenters. The van der Waals surface area contributed by atoms with Crippen molar-refractivity contribution in [3.8, 4) is 0 Å². The molecule has 0 heterocycles. The Hall–Kier alpha value is -0.570. The first-order valence-corrected chi connectivity index (χ1v) is 5.46.